The second kappa shape index (κ2) is 15.2. The lowest BCUT2D eigenvalue weighted by Gasteiger charge is -2.20. The molecule has 3 heteroatoms. The van der Waals surface area contributed by atoms with Gasteiger partial charge in [0.2, 0.25) is 0 Å². The maximum Gasteiger partial charge on any atom is 0.106 e. The first-order chi connectivity index (χ1) is 23.3. The van der Waals surface area contributed by atoms with E-state index < -0.39 is 0 Å². The summed E-state index contributed by atoms with van der Waals surface area (Å²) in [5.41, 5.74) is 5.21. The maximum absolute atomic E-state index is 2.84. The van der Waals surface area contributed by atoms with Gasteiger partial charge in [-0.2, -0.15) is 0 Å². The molecule has 0 saturated carbocycles. The zero-order valence-electron chi connectivity index (χ0n) is 28.3. The molecule has 242 valence electrons. The lowest BCUT2D eigenvalue weighted by Crippen LogP contribution is -2.08. The number of aromatic nitrogens is 1. The minimum Gasteiger partial charge on any atom is -0.321 e. The molecular formula is C44H49NS2. The van der Waals surface area contributed by atoms with E-state index in [1.807, 2.05) is 22.7 Å². The summed E-state index contributed by atoms with van der Waals surface area (Å²) in [6.45, 7) is 4.64. The Morgan fingerprint density at radius 3 is 1.34 bits per heavy atom. The van der Waals surface area contributed by atoms with Crippen molar-refractivity contribution in [1.82, 2.24) is 4.57 Å². The number of benzene rings is 4. The van der Waals surface area contributed by atoms with Crippen molar-refractivity contribution in [3.05, 3.63) is 97.1 Å². The van der Waals surface area contributed by atoms with Crippen molar-refractivity contribution in [2.45, 2.75) is 103 Å². The summed E-state index contributed by atoms with van der Waals surface area (Å²) >= 11 is 4.06. The first-order valence-electron chi connectivity index (χ1n) is 18.3. The molecule has 0 saturated heterocycles. The topological polar surface area (TPSA) is 4.93 Å². The lowest BCUT2D eigenvalue weighted by atomic mass is 10.00. The summed E-state index contributed by atoms with van der Waals surface area (Å²) < 4.78 is 5.66. The van der Waals surface area contributed by atoms with E-state index >= 15 is 0 Å². The number of thiophene rings is 2. The molecule has 7 aromatic rings. The van der Waals surface area contributed by atoms with Crippen LogP contribution in [-0.4, -0.2) is 4.57 Å². The summed E-state index contributed by atoms with van der Waals surface area (Å²) in [4.78, 5) is 2.98. The fourth-order valence-electron chi connectivity index (χ4n) is 7.58. The molecular weight excluding hydrogens is 607 g/mol. The van der Waals surface area contributed by atoms with Crippen LogP contribution in [0.4, 0.5) is 0 Å². The Hall–Kier alpha value is -3.40. The fourth-order valence-corrected chi connectivity index (χ4v) is 10.3. The van der Waals surface area contributed by atoms with Gasteiger partial charge in [0.1, 0.15) is 9.66 Å². The lowest BCUT2D eigenvalue weighted by molar-refractivity contribution is 0.412. The smallest absolute Gasteiger partial charge is 0.106 e. The van der Waals surface area contributed by atoms with Crippen molar-refractivity contribution in [2.24, 2.45) is 0 Å². The predicted molar refractivity (Wildman–Crippen MR) is 211 cm³/mol. The molecule has 0 bridgehead atoms. The number of nitrogens with zero attached hydrogens (tertiary/aromatic N) is 1. The van der Waals surface area contributed by atoms with Gasteiger partial charge in [0.15, 0.2) is 0 Å². The van der Waals surface area contributed by atoms with Gasteiger partial charge in [-0.15, -0.1) is 22.7 Å². The molecule has 7 rings (SSSR count). The van der Waals surface area contributed by atoms with E-state index in [4.69, 9.17) is 0 Å². The molecule has 4 aromatic carbocycles. The highest BCUT2D eigenvalue weighted by molar-refractivity contribution is 7.28. The molecule has 0 aliphatic rings. The highest BCUT2D eigenvalue weighted by atomic mass is 32.1. The van der Waals surface area contributed by atoms with Gasteiger partial charge < -0.3 is 4.57 Å². The molecule has 1 nitrogen and oxygen atoms in total. The molecule has 0 radical (unpaired) electrons. The van der Waals surface area contributed by atoms with Crippen molar-refractivity contribution in [3.8, 4) is 22.3 Å². The Labute approximate surface area is 289 Å². The summed E-state index contributed by atoms with van der Waals surface area (Å²) in [7, 11) is 0. The second-order valence-corrected chi connectivity index (χ2v) is 15.6. The number of unbranched alkanes of at least 4 members (excludes halogenated alkanes) is 9. The average Bonchev–Trinajstić information content (AvgIpc) is 3.76. The highest BCUT2D eigenvalue weighted by Gasteiger charge is 2.25. The molecule has 0 spiro atoms. The van der Waals surface area contributed by atoms with E-state index in [-0.39, 0.29) is 0 Å². The molecule has 47 heavy (non-hydrogen) atoms. The summed E-state index contributed by atoms with van der Waals surface area (Å²) in [6.07, 6.45) is 17.4. The van der Waals surface area contributed by atoms with Crippen LogP contribution in [0, 0.1) is 0 Å². The van der Waals surface area contributed by atoms with Gasteiger partial charge in [0, 0.05) is 37.0 Å². The average molecular weight is 656 g/mol. The van der Waals surface area contributed by atoms with Crippen LogP contribution in [0.5, 0.6) is 0 Å². The number of hydrogen-bond donors (Lipinski definition) is 0. The normalized spacial score (nSPS) is 12.6. The summed E-state index contributed by atoms with van der Waals surface area (Å²) in [5.74, 6) is 0. The van der Waals surface area contributed by atoms with E-state index in [9.17, 15) is 0 Å². The molecule has 0 fully saturated rings. The van der Waals surface area contributed by atoms with Crippen LogP contribution in [0.15, 0.2) is 97.1 Å². The van der Waals surface area contributed by atoms with Crippen LogP contribution < -0.4 is 0 Å². The van der Waals surface area contributed by atoms with Gasteiger partial charge in [0.25, 0.3) is 0 Å². The third kappa shape index (κ3) is 6.80. The zero-order chi connectivity index (χ0) is 32.0. The molecule has 3 aromatic heterocycles. The van der Waals surface area contributed by atoms with Gasteiger partial charge >= 0.3 is 0 Å². The Morgan fingerprint density at radius 1 is 0.468 bits per heavy atom. The SMILES string of the molecule is CCCCCCCCC(CCCCCCC)n1c2sc3cc(-c4ccccc4)ccc3c2c2c3ccc(-c4ccccc4)cc3sc21. The molecule has 0 amide bonds. The van der Waals surface area contributed by atoms with Gasteiger partial charge in [-0.1, -0.05) is 169 Å². The number of hydrogen-bond acceptors (Lipinski definition) is 2. The van der Waals surface area contributed by atoms with Gasteiger partial charge in [-0.3, -0.25) is 0 Å². The van der Waals surface area contributed by atoms with Crippen LogP contribution >= 0.6 is 22.7 Å². The van der Waals surface area contributed by atoms with E-state index in [1.54, 1.807) is 0 Å². The molecule has 0 aliphatic heterocycles. The third-order valence-electron chi connectivity index (χ3n) is 10.1. The van der Waals surface area contributed by atoms with Crippen LogP contribution in [0.2, 0.25) is 0 Å². The Bertz CT molecular complexity index is 1910. The van der Waals surface area contributed by atoms with E-state index in [2.05, 4.69) is 115 Å². The number of fused-ring (bicyclic) bond motifs is 7. The quantitative estimate of drug-likeness (QED) is 0.0913. The standard InChI is InChI=1S/C44H49NS2/c1-3-5-7-9-11-19-25-36(24-18-10-8-6-4-2)45-43-41(37-28-26-34(30-39(37)46-43)32-20-14-12-15-21-32)42-38-29-27-35(31-40(38)47-44(42)45)33-22-16-13-17-23-33/h12-17,20-23,26-31,36H,3-11,18-19,24-25H2,1-2H3. The van der Waals surface area contributed by atoms with Crippen molar-refractivity contribution in [2.75, 3.05) is 0 Å². The molecule has 3 heterocycles. The van der Waals surface area contributed by atoms with Gasteiger partial charge in [-0.05, 0) is 47.2 Å². The maximum atomic E-state index is 2.84. The Kier molecular flexibility index (Phi) is 10.4. The number of rotatable bonds is 16. The van der Waals surface area contributed by atoms with E-state index in [0.29, 0.717) is 6.04 Å². The molecule has 1 atom stereocenters. The van der Waals surface area contributed by atoms with Crippen LogP contribution in [0.1, 0.15) is 103 Å². The second-order valence-electron chi connectivity index (χ2n) is 13.5. The van der Waals surface area contributed by atoms with Crippen LogP contribution in [0.25, 0.3) is 62.9 Å². The van der Waals surface area contributed by atoms with Crippen molar-refractivity contribution in [3.63, 3.8) is 0 Å². The Morgan fingerprint density at radius 2 is 0.894 bits per heavy atom. The summed E-state index contributed by atoms with van der Waals surface area (Å²) in [6, 6.07) is 36.7. The van der Waals surface area contributed by atoms with Crippen molar-refractivity contribution >= 4 is 63.3 Å². The summed E-state index contributed by atoms with van der Waals surface area (Å²) in [5, 5.41) is 5.80. The first kappa shape index (κ1) is 32.2. The fraction of sp³-hybridized carbons (Fsp3) is 0.364. The highest BCUT2D eigenvalue weighted by Crippen LogP contribution is 2.50. The first-order valence-corrected chi connectivity index (χ1v) is 19.9. The predicted octanol–water partition coefficient (Wildman–Crippen LogP) is 15.2. The third-order valence-corrected chi connectivity index (χ3v) is 12.4. The van der Waals surface area contributed by atoms with Crippen molar-refractivity contribution in [1.29, 1.82) is 0 Å². The van der Waals surface area contributed by atoms with Gasteiger partial charge in [-0.25, -0.2) is 0 Å². The van der Waals surface area contributed by atoms with Crippen LogP contribution in [-0.2, 0) is 0 Å². The monoisotopic (exact) mass is 655 g/mol. The van der Waals surface area contributed by atoms with Gasteiger partial charge in [0.05, 0.1) is 0 Å². The molecule has 0 N–H and O–H groups in total. The van der Waals surface area contributed by atoms with E-state index in [0.717, 1.165) is 0 Å². The minimum atomic E-state index is 0.547. The van der Waals surface area contributed by atoms with E-state index in [1.165, 1.54) is 146 Å². The van der Waals surface area contributed by atoms with Crippen molar-refractivity contribution < 1.29 is 0 Å². The largest absolute Gasteiger partial charge is 0.321 e. The zero-order valence-corrected chi connectivity index (χ0v) is 29.9. The van der Waals surface area contributed by atoms with Crippen LogP contribution in [0.3, 0.4) is 0 Å². The molecule has 1 unspecified atom stereocenters. The minimum absolute atomic E-state index is 0.547. The Balaban J connectivity index is 1.36. The molecule has 0 aliphatic carbocycles.